The van der Waals surface area contributed by atoms with Crippen molar-refractivity contribution in [3.05, 3.63) is 58.1 Å². The Labute approximate surface area is 176 Å². The van der Waals surface area contributed by atoms with Gasteiger partial charge in [-0.25, -0.2) is 0 Å². The Morgan fingerprint density at radius 1 is 1.14 bits per heavy atom. The van der Waals surface area contributed by atoms with Crippen LogP contribution in [0.15, 0.2) is 46.9 Å². The number of hydrogen-bond acceptors (Lipinski definition) is 4. The molecule has 0 aliphatic carbocycles. The molecule has 8 heteroatoms. The molecule has 0 bridgehead atoms. The number of benzene rings is 2. The first kappa shape index (κ1) is 23.1. The molecule has 0 unspecified atom stereocenters. The maximum Gasteiger partial charge on any atom is 0.416 e. The van der Waals surface area contributed by atoms with Gasteiger partial charge in [0.05, 0.1) is 29.9 Å². The topological polar surface area (TPSA) is 44.8 Å². The van der Waals surface area contributed by atoms with E-state index in [-0.39, 0.29) is 16.5 Å². The molecule has 0 saturated carbocycles. The monoisotopic (exact) mass is 474 g/mol. The van der Waals surface area contributed by atoms with Gasteiger partial charge >= 0.3 is 12.1 Å². The van der Waals surface area contributed by atoms with Gasteiger partial charge in [-0.3, -0.25) is 4.79 Å². The fourth-order valence-corrected chi connectivity index (χ4v) is 2.96. The number of esters is 1. The van der Waals surface area contributed by atoms with Crippen molar-refractivity contribution in [2.24, 2.45) is 0 Å². The van der Waals surface area contributed by atoms with E-state index in [4.69, 9.17) is 9.47 Å². The highest BCUT2D eigenvalue weighted by Gasteiger charge is 2.31. The minimum absolute atomic E-state index is 0.248. The van der Waals surface area contributed by atoms with Gasteiger partial charge in [-0.15, -0.1) is 0 Å². The fourth-order valence-electron chi connectivity index (χ4n) is 2.49. The third kappa shape index (κ3) is 7.61. The van der Waals surface area contributed by atoms with Crippen molar-refractivity contribution < 1.29 is 32.2 Å². The predicted molar refractivity (Wildman–Crippen MR) is 106 cm³/mol. The number of aryl methyl sites for hydroxylation is 1. The molecule has 0 N–H and O–H groups in total. The summed E-state index contributed by atoms with van der Waals surface area (Å²) >= 11 is 3.12. The minimum Gasteiger partial charge on any atom is -0.493 e. The maximum absolute atomic E-state index is 12.7. The van der Waals surface area contributed by atoms with Crippen LogP contribution in [0.1, 0.15) is 30.9 Å². The van der Waals surface area contributed by atoms with E-state index in [1.165, 1.54) is 13.2 Å². The molecule has 2 rings (SSSR count). The lowest BCUT2D eigenvalue weighted by Gasteiger charge is -2.17. The van der Waals surface area contributed by atoms with E-state index in [1.54, 1.807) is 0 Å². The molecule has 2 aromatic rings. The zero-order valence-corrected chi connectivity index (χ0v) is 17.7. The lowest BCUT2D eigenvalue weighted by molar-refractivity contribution is -0.140. The molecule has 0 amide bonds. The van der Waals surface area contributed by atoms with Crippen molar-refractivity contribution >= 4 is 21.9 Å². The molecule has 0 aliphatic rings. The first-order valence-corrected chi connectivity index (χ1v) is 9.80. The summed E-state index contributed by atoms with van der Waals surface area (Å²) in [4.78, 5) is 11.2. The van der Waals surface area contributed by atoms with Gasteiger partial charge in [-0.2, -0.15) is 13.2 Å². The minimum atomic E-state index is -4.39. The Morgan fingerprint density at radius 3 is 2.41 bits per heavy atom. The van der Waals surface area contributed by atoms with E-state index in [0.29, 0.717) is 37.4 Å². The number of halogens is 4. The van der Waals surface area contributed by atoms with Crippen molar-refractivity contribution in [1.82, 2.24) is 0 Å². The van der Waals surface area contributed by atoms with Gasteiger partial charge in [0, 0.05) is 12.8 Å². The second-order valence-electron chi connectivity index (χ2n) is 6.43. The predicted octanol–water partition coefficient (Wildman–Crippen LogP) is 5.81. The summed E-state index contributed by atoms with van der Waals surface area (Å²) in [7, 11) is 1.36. The number of methoxy groups -OCH3 is 1. The van der Waals surface area contributed by atoms with Crippen LogP contribution >= 0.6 is 15.9 Å². The Kier molecular flexibility index (Phi) is 8.37. The van der Waals surface area contributed by atoms with Gasteiger partial charge in [-0.1, -0.05) is 12.1 Å². The van der Waals surface area contributed by atoms with Crippen molar-refractivity contribution in [2.45, 2.75) is 38.5 Å². The SMILES string of the molecule is COC(=O)CCc1ccc(OCC[C@H](C)Oc2ccc(C(F)(F)F)cc2Br)cc1. The standard InChI is InChI=1S/C21H22BrF3O4/c1-14(29-19-9-6-16(13-18(19)22)21(23,24)25)11-12-28-17-7-3-15(4-8-17)5-10-20(26)27-2/h3-4,6-9,13-14H,5,10-12H2,1-2H3/t14-/m0/s1. The van der Waals surface area contributed by atoms with Gasteiger partial charge in [-0.05, 0) is 65.2 Å². The second kappa shape index (κ2) is 10.5. The quantitative estimate of drug-likeness (QED) is 0.430. The Balaban J connectivity index is 1.78. The molecular weight excluding hydrogens is 453 g/mol. The number of hydrogen-bond donors (Lipinski definition) is 0. The van der Waals surface area contributed by atoms with Crippen LogP contribution in [0.5, 0.6) is 11.5 Å². The highest BCUT2D eigenvalue weighted by Crippen LogP contribution is 2.35. The first-order valence-electron chi connectivity index (χ1n) is 9.01. The fraction of sp³-hybridized carbons (Fsp3) is 0.381. The molecule has 0 aromatic heterocycles. The molecule has 4 nitrogen and oxygen atoms in total. The van der Waals surface area contributed by atoms with Gasteiger partial charge in [0.15, 0.2) is 0 Å². The van der Waals surface area contributed by atoms with Crippen LogP contribution in [0.2, 0.25) is 0 Å². The van der Waals surface area contributed by atoms with Gasteiger partial charge < -0.3 is 14.2 Å². The van der Waals surface area contributed by atoms with Crippen molar-refractivity contribution in [3.8, 4) is 11.5 Å². The summed E-state index contributed by atoms with van der Waals surface area (Å²) in [5.41, 5.74) is 0.273. The van der Waals surface area contributed by atoms with Crippen LogP contribution in [0.4, 0.5) is 13.2 Å². The number of alkyl halides is 3. The summed E-state index contributed by atoms with van der Waals surface area (Å²) < 4.78 is 54.4. The van der Waals surface area contributed by atoms with E-state index in [2.05, 4.69) is 20.7 Å². The van der Waals surface area contributed by atoms with Crippen LogP contribution in [0, 0.1) is 0 Å². The number of carbonyl (C=O) groups excluding carboxylic acids is 1. The Bertz CT molecular complexity index is 807. The van der Waals surface area contributed by atoms with Crippen LogP contribution in [-0.4, -0.2) is 25.8 Å². The summed E-state index contributed by atoms with van der Waals surface area (Å²) in [5.74, 6) is 0.786. The third-order valence-corrected chi connectivity index (χ3v) is 4.77. The average Bonchev–Trinajstić information content (AvgIpc) is 2.67. The van der Waals surface area contributed by atoms with Crippen LogP contribution in [0.25, 0.3) is 0 Å². The molecule has 0 aliphatic heterocycles. The van der Waals surface area contributed by atoms with Crippen molar-refractivity contribution in [3.63, 3.8) is 0 Å². The number of rotatable bonds is 9. The highest BCUT2D eigenvalue weighted by atomic mass is 79.9. The molecule has 0 saturated heterocycles. The Hall–Kier alpha value is -2.22. The maximum atomic E-state index is 12.7. The normalized spacial score (nSPS) is 12.3. The van der Waals surface area contributed by atoms with Gasteiger partial charge in [0.1, 0.15) is 11.5 Å². The lowest BCUT2D eigenvalue weighted by Crippen LogP contribution is -2.16. The van der Waals surface area contributed by atoms with E-state index in [1.807, 2.05) is 31.2 Å². The number of carbonyl (C=O) groups is 1. The summed E-state index contributed by atoms with van der Waals surface area (Å²) in [6, 6.07) is 10.7. The van der Waals surface area contributed by atoms with E-state index >= 15 is 0 Å². The zero-order chi connectivity index (χ0) is 21.4. The van der Waals surface area contributed by atoms with E-state index in [9.17, 15) is 18.0 Å². The van der Waals surface area contributed by atoms with Crippen LogP contribution in [-0.2, 0) is 22.1 Å². The molecule has 2 aromatic carbocycles. The van der Waals surface area contributed by atoms with Gasteiger partial charge in [0.2, 0.25) is 0 Å². The molecule has 0 radical (unpaired) electrons. The second-order valence-corrected chi connectivity index (χ2v) is 7.28. The molecule has 0 spiro atoms. The zero-order valence-electron chi connectivity index (χ0n) is 16.1. The summed E-state index contributed by atoms with van der Waals surface area (Å²) in [6.45, 7) is 2.21. The smallest absolute Gasteiger partial charge is 0.416 e. The van der Waals surface area contributed by atoms with E-state index in [0.717, 1.165) is 17.7 Å². The van der Waals surface area contributed by atoms with E-state index < -0.39 is 11.7 Å². The lowest BCUT2D eigenvalue weighted by atomic mass is 10.1. The first-order chi connectivity index (χ1) is 13.7. The third-order valence-electron chi connectivity index (χ3n) is 4.15. The van der Waals surface area contributed by atoms with Crippen LogP contribution < -0.4 is 9.47 Å². The van der Waals surface area contributed by atoms with Crippen LogP contribution in [0.3, 0.4) is 0 Å². The molecule has 158 valence electrons. The molecule has 29 heavy (non-hydrogen) atoms. The molecule has 0 fully saturated rings. The molecular formula is C21H22BrF3O4. The summed E-state index contributed by atoms with van der Waals surface area (Å²) in [6.07, 6.45) is -3.17. The Morgan fingerprint density at radius 2 is 1.83 bits per heavy atom. The molecule has 1 atom stereocenters. The van der Waals surface area contributed by atoms with Crippen molar-refractivity contribution in [2.75, 3.05) is 13.7 Å². The summed E-state index contributed by atoms with van der Waals surface area (Å²) in [5, 5.41) is 0. The van der Waals surface area contributed by atoms with Crippen molar-refractivity contribution in [1.29, 1.82) is 0 Å². The van der Waals surface area contributed by atoms with Gasteiger partial charge in [0.25, 0.3) is 0 Å². The molecule has 0 heterocycles. The largest absolute Gasteiger partial charge is 0.493 e. The highest BCUT2D eigenvalue weighted by molar-refractivity contribution is 9.10. The number of ether oxygens (including phenoxy) is 3. The average molecular weight is 475 g/mol.